The van der Waals surface area contributed by atoms with E-state index < -0.39 is 0 Å². The van der Waals surface area contributed by atoms with Crippen LogP contribution in [0.4, 0.5) is 0 Å². The lowest BCUT2D eigenvalue weighted by molar-refractivity contribution is -0.149. The topological polar surface area (TPSA) is 49.4 Å². The summed E-state index contributed by atoms with van der Waals surface area (Å²) >= 11 is 0. The van der Waals surface area contributed by atoms with Crippen molar-refractivity contribution in [3.63, 3.8) is 0 Å². The van der Waals surface area contributed by atoms with Gasteiger partial charge in [-0.3, -0.25) is 9.59 Å². The van der Waals surface area contributed by atoms with Crippen molar-refractivity contribution in [2.75, 3.05) is 6.54 Å². The van der Waals surface area contributed by atoms with Crippen LogP contribution in [0.2, 0.25) is 0 Å². The van der Waals surface area contributed by atoms with Gasteiger partial charge in [0.05, 0.1) is 0 Å². The molecule has 0 aromatic carbocycles. The molecule has 1 aliphatic rings. The van der Waals surface area contributed by atoms with E-state index in [1.165, 1.54) is 38.5 Å². The van der Waals surface area contributed by atoms with Crippen LogP contribution in [0.15, 0.2) is 0 Å². The zero-order valence-corrected chi connectivity index (χ0v) is 14.0. The smallest absolute Gasteiger partial charge is 0.245 e. The Hall–Kier alpha value is -1.06. The van der Waals surface area contributed by atoms with Gasteiger partial charge in [0.15, 0.2) is 0 Å². The van der Waals surface area contributed by atoms with Gasteiger partial charge in [0.2, 0.25) is 11.8 Å². The molecular weight excluding hydrogens is 264 g/mol. The summed E-state index contributed by atoms with van der Waals surface area (Å²) in [5.41, 5.74) is 0. The molecule has 122 valence electrons. The van der Waals surface area contributed by atoms with Crippen LogP contribution in [-0.4, -0.2) is 35.3 Å². The number of piperazine rings is 1. The average Bonchev–Trinajstić information content (AvgIpc) is 2.46. The molecule has 0 aliphatic carbocycles. The Bertz CT molecular complexity index is 331. The maximum Gasteiger partial charge on any atom is 0.245 e. The van der Waals surface area contributed by atoms with Crippen molar-refractivity contribution in [3.05, 3.63) is 0 Å². The molecule has 1 heterocycles. The van der Waals surface area contributed by atoms with E-state index in [1.54, 1.807) is 11.8 Å². The third-order valence-electron chi connectivity index (χ3n) is 4.33. The van der Waals surface area contributed by atoms with Gasteiger partial charge in [0.1, 0.15) is 12.1 Å². The highest BCUT2D eigenvalue weighted by Crippen LogP contribution is 2.15. The lowest BCUT2D eigenvalue weighted by Gasteiger charge is -2.37. The molecule has 1 saturated heterocycles. The van der Waals surface area contributed by atoms with Crippen LogP contribution in [0.5, 0.6) is 0 Å². The third kappa shape index (κ3) is 5.68. The number of nitrogens with one attached hydrogen (secondary N) is 1. The minimum absolute atomic E-state index is 0.00386. The lowest BCUT2D eigenvalue weighted by Crippen LogP contribution is -2.62. The summed E-state index contributed by atoms with van der Waals surface area (Å²) in [7, 11) is 0. The van der Waals surface area contributed by atoms with Crippen LogP contribution in [0, 0.1) is 0 Å². The molecule has 1 fully saturated rings. The molecule has 0 spiro atoms. The minimum Gasteiger partial charge on any atom is -0.343 e. The molecule has 2 unspecified atom stereocenters. The van der Waals surface area contributed by atoms with Gasteiger partial charge < -0.3 is 10.2 Å². The van der Waals surface area contributed by atoms with E-state index in [0.717, 1.165) is 19.4 Å². The van der Waals surface area contributed by atoms with E-state index in [2.05, 4.69) is 12.2 Å². The molecular formula is C17H32N2O2. The van der Waals surface area contributed by atoms with Crippen molar-refractivity contribution >= 4 is 11.8 Å². The second-order valence-electron chi connectivity index (χ2n) is 6.16. The first-order chi connectivity index (χ1) is 10.1. The standard InChI is InChI=1S/C17H32N2O2/c1-4-6-7-8-9-10-11-12-13-19-15(5-2)16(20)18-14(3)17(19)21/h14-15H,4-13H2,1-3H3,(H,18,20). The Balaban J connectivity index is 2.25. The molecule has 2 atom stereocenters. The quantitative estimate of drug-likeness (QED) is 0.629. The predicted molar refractivity (Wildman–Crippen MR) is 86.0 cm³/mol. The molecule has 1 aliphatic heterocycles. The molecule has 4 heteroatoms. The molecule has 0 aromatic rings. The fraction of sp³-hybridized carbons (Fsp3) is 0.882. The fourth-order valence-corrected chi connectivity index (χ4v) is 3.00. The van der Waals surface area contributed by atoms with Crippen molar-refractivity contribution < 1.29 is 9.59 Å². The normalized spacial score (nSPS) is 22.5. The van der Waals surface area contributed by atoms with Gasteiger partial charge in [-0.25, -0.2) is 0 Å². The van der Waals surface area contributed by atoms with E-state index in [9.17, 15) is 9.59 Å². The number of nitrogens with zero attached hydrogens (tertiary/aromatic N) is 1. The van der Waals surface area contributed by atoms with Crippen molar-refractivity contribution in [2.24, 2.45) is 0 Å². The first kappa shape index (κ1) is 18.0. The van der Waals surface area contributed by atoms with Crippen molar-refractivity contribution in [1.29, 1.82) is 0 Å². The van der Waals surface area contributed by atoms with E-state index in [0.29, 0.717) is 6.42 Å². The second kappa shape index (κ2) is 9.80. The van der Waals surface area contributed by atoms with Crippen molar-refractivity contribution in [2.45, 2.75) is 90.6 Å². The Morgan fingerprint density at radius 1 is 0.952 bits per heavy atom. The molecule has 2 amide bonds. The third-order valence-corrected chi connectivity index (χ3v) is 4.33. The summed E-state index contributed by atoms with van der Waals surface area (Å²) in [6.07, 6.45) is 10.7. The molecule has 0 bridgehead atoms. The van der Waals surface area contributed by atoms with Crippen molar-refractivity contribution in [1.82, 2.24) is 10.2 Å². The maximum atomic E-state index is 12.2. The summed E-state index contributed by atoms with van der Waals surface area (Å²) < 4.78 is 0. The average molecular weight is 296 g/mol. The summed E-state index contributed by atoms with van der Waals surface area (Å²) in [4.78, 5) is 25.9. The zero-order chi connectivity index (χ0) is 15.7. The molecule has 0 saturated carbocycles. The first-order valence-electron chi connectivity index (χ1n) is 8.72. The van der Waals surface area contributed by atoms with Gasteiger partial charge in [-0.15, -0.1) is 0 Å². The van der Waals surface area contributed by atoms with Crippen LogP contribution >= 0.6 is 0 Å². The van der Waals surface area contributed by atoms with Crippen LogP contribution in [0.3, 0.4) is 0 Å². The summed E-state index contributed by atoms with van der Waals surface area (Å²) in [5, 5.41) is 2.76. The largest absolute Gasteiger partial charge is 0.343 e. The Kier molecular flexibility index (Phi) is 8.40. The van der Waals surface area contributed by atoms with Crippen LogP contribution in [-0.2, 0) is 9.59 Å². The van der Waals surface area contributed by atoms with Gasteiger partial charge in [-0.1, -0.05) is 58.8 Å². The number of carbonyl (C=O) groups excluding carboxylic acids is 2. The number of carbonyl (C=O) groups is 2. The zero-order valence-electron chi connectivity index (χ0n) is 14.0. The molecule has 0 radical (unpaired) electrons. The second-order valence-corrected chi connectivity index (χ2v) is 6.16. The number of hydrogen-bond acceptors (Lipinski definition) is 2. The minimum atomic E-state index is -0.366. The van der Waals surface area contributed by atoms with Crippen molar-refractivity contribution in [3.8, 4) is 0 Å². The van der Waals surface area contributed by atoms with Gasteiger partial charge >= 0.3 is 0 Å². The Morgan fingerprint density at radius 3 is 2.10 bits per heavy atom. The molecule has 1 rings (SSSR count). The van der Waals surface area contributed by atoms with E-state index in [-0.39, 0.29) is 23.9 Å². The van der Waals surface area contributed by atoms with Gasteiger partial charge in [-0.2, -0.15) is 0 Å². The highest BCUT2D eigenvalue weighted by molar-refractivity contribution is 5.96. The van der Waals surface area contributed by atoms with Crippen LogP contribution in [0.25, 0.3) is 0 Å². The highest BCUT2D eigenvalue weighted by atomic mass is 16.2. The van der Waals surface area contributed by atoms with Crippen LogP contribution < -0.4 is 5.32 Å². The summed E-state index contributed by atoms with van der Waals surface area (Å²) in [6, 6.07) is -0.632. The van der Waals surface area contributed by atoms with Gasteiger partial charge in [-0.05, 0) is 19.8 Å². The van der Waals surface area contributed by atoms with E-state index in [4.69, 9.17) is 0 Å². The van der Waals surface area contributed by atoms with E-state index >= 15 is 0 Å². The number of rotatable bonds is 10. The predicted octanol–water partition coefficient (Wildman–Crippen LogP) is 3.25. The number of amides is 2. The molecule has 0 aromatic heterocycles. The number of hydrogen-bond donors (Lipinski definition) is 1. The number of unbranched alkanes of at least 4 members (excludes halogenated alkanes) is 7. The lowest BCUT2D eigenvalue weighted by atomic mass is 10.0. The maximum absolute atomic E-state index is 12.2. The molecule has 4 nitrogen and oxygen atoms in total. The molecule has 1 N–H and O–H groups in total. The highest BCUT2D eigenvalue weighted by Gasteiger charge is 2.36. The Morgan fingerprint density at radius 2 is 1.52 bits per heavy atom. The molecule has 21 heavy (non-hydrogen) atoms. The van der Waals surface area contributed by atoms with Gasteiger partial charge in [0, 0.05) is 6.54 Å². The summed E-state index contributed by atoms with van der Waals surface area (Å²) in [6.45, 7) is 6.70. The monoisotopic (exact) mass is 296 g/mol. The first-order valence-corrected chi connectivity index (χ1v) is 8.72. The van der Waals surface area contributed by atoms with E-state index in [1.807, 2.05) is 6.92 Å². The van der Waals surface area contributed by atoms with Crippen LogP contribution in [0.1, 0.15) is 78.6 Å². The fourth-order valence-electron chi connectivity index (χ4n) is 3.00. The Labute approximate surface area is 129 Å². The van der Waals surface area contributed by atoms with Gasteiger partial charge in [0.25, 0.3) is 0 Å². The SMILES string of the molecule is CCCCCCCCCCN1C(=O)C(C)NC(=O)C1CC. The summed E-state index contributed by atoms with van der Waals surface area (Å²) in [5.74, 6) is 0.0774.